The summed E-state index contributed by atoms with van der Waals surface area (Å²) >= 11 is 0. The maximum Gasteiger partial charge on any atom is 0.254 e. The lowest BCUT2D eigenvalue weighted by Crippen LogP contribution is -2.50. The van der Waals surface area contributed by atoms with Gasteiger partial charge in [-0.1, -0.05) is 78.9 Å². The van der Waals surface area contributed by atoms with E-state index in [0.29, 0.717) is 0 Å². The summed E-state index contributed by atoms with van der Waals surface area (Å²) in [5, 5.41) is 3.58. The standard InChI is InChI=1S/C26H28N2O/c29-26(23-14-8-3-9-15-23)28-24(18-21-10-4-1-5-11-21)16-17-27-20-25(28)19-22-12-6-2-7-13-22/h1-15,24-25,27H,16-20H2. The van der Waals surface area contributed by atoms with Gasteiger partial charge >= 0.3 is 0 Å². The molecule has 0 spiro atoms. The normalized spacial score (nSPS) is 19.5. The van der Waals surface area contributed by atoms with Crippen molar-refractivity contribution in [1.82, 2.24) is 10.2 Å². The molecule has 29 heavy (non-hydrogen) atoms. The number of benzene rings is 3. The van der Waals surface area contributed by atoms with E-state index in [4.69, 9.17) is 0 Å². The zero-order valence-electron chi connectivity index (χ0n) is 16.7. The molecule has 0 saturated carbocycles. The Labute approximate surface area is 173 Å². The average molecular weight is 385 g/mol. The van der Waals surface area contributed by atoms with Crippen molar-refractivity contribution in [3.05, 3.63) is 108 Å². The van der Waals surface area contributed by atoms with E-state index in [-0.39, 0.29) is 18.0 Å². The number of rotatable bonds is 5. The molecule has 3 heteroatoms. The molecule has 0 aliphatic carbocycles. The summed E-state index contributed by atoms with van der Waals surface area (Å²) in [6.07, 6.45) is 2.70. The lowest BCUT2D eigenvalue weighted by Gasteiger charge is -2.37. The highest BCUT2D eigenvalue weighted by Crippen LogP contribution is 2.23. The molecule has 1 heterocycles. The lowest BCUT2D eigenvalue weighted by molar-refractivity contribution is 0.0587. The Morgan fingerprint density at radius 2 is 1.28 bits per heavy atom. The van der Waals surface area contributed by atoms with E-state index in [1.165, 1.54) is 11.1 Å². The van der Waals surface area contributed by atoms with Gasteiger partial charge in [0.1, 0.15) is 0 Å². The highest BCUT2D eigenvalue weighted by atomic mass is 16.2. The minimum atomic E-state index is 0.126. The smallest absolute Gasteiger partial charge is 0.254 e. The fraction of sp³-hybridized carbons (Fsp3) is 0.269. The molecule has 3 aromatic carbocycles. The van der Waals surface area contributed by atoms with Crippen LogP contribution in [0.5, 0.6) is 0 Å². The summed E-state index contributed by atoms with van der Waals surface area (Å²) in [6, 6.07) is 31.0. The van der Waals surface area contributed by atoms with Gasteiger partial charge in [-0.05, 0) is 49.1 Å². The van der Waals surface area contributed by atoms with Crippen LogP contribution in [0.2, 0.25) is 0 Å². The van der Waals surface area contributed by atoms with Gasteiger partial charge in [-0.2, -0.15) is 0 Å². The first-order chi connectivity index (χ1) is 14.3. The van der Waals surface area contributed by atoms with Crippen LogP contribution in [0.1, 0.15) is 27.9 Å². The minimum absolute atomic E-state index is 0.126. The maximum absolute atomic E-state index is 13.7. The van der Waals surface area contributed by atoms with Crippen molar-refractivity contribution in [2.75, 3.05) is 13.1 Å². The quantitative estimate of drug-likeness (QED) is 0.709. The van der Waals surface area contributed by atoms with E-state index in [1.54, 1.807) is 0 Å². The van der Waals surface area contributed by atoms with E-state index in [0.717, 1.165) is 37.9 Å². The van der Waals surface area contributed by atoms with E-state index >= 15 is 0 Å². The molecule has 1 saturated heterocycles. The van der Waals surface area contributed by atoms with Crippen LogP contribution in [0.15, 0.2) is 91.0 Å². The van der Waals surface area contributed by atoms with Crippen molar-refractivity contribution in [3.63, 3.8) is 0 Å². The van der Waals surface area contributed by atoms with Gasteiger partial charge < -0.3 is 10.2 Å². The number of nitrogens with zero attached hydrogens (tertiary/aromatic N) is 1. The van der Waals surface area contributed by atoms with Crippen molar-refractivity contribution < 1.29 is 4.79 Å². The first kappa shape index (κ1) is 19.4. The molecule has 1 aliphatic heterocycles. The molecule has 0 radical (unpaired) electrons. The first-order valence-corrected chi connectivity index (χ1v) is 10.5. The Kier molecular flexibility index (Phi) is 6.38. The Hall–Kier alpha value is -2.91. The van der Waals surface area contributed by atoms with Gasteiger partial charge in [-0.15, -0.1) is 0 Å². The Bertz CT molecular complexity index is 844. The monoisotopic (exact) mass is 384 g/mol. The van der Waals surface area contributed by atoms with Crippen LogP contribution < -0.4 is 5.32 Å². The van der Waals surface area contributed by atoms with Crippen LogP contribution in [0.4, 0.5) is 0 Å². The van der Waals surface area contributed by atoms with Crippen molar-refractivity contribution in [2.24, 2.45) is 0 Å². The molecule has 0 aromatic heterocycles. The van der Waals surface area contributed by atoms with Gasteiger partial charge in [0, 0.05) is 24.2 Å². The van der Waals surface area contributed by atoms with Gasteiger partial charge in [-0.3, -0.25) is 4.79 Å². The van der Waals surface area contributed by atoms with Crippen LogP contribution in [-0.4, -0.2) is 36.0 Å². The molecular weight excluding hydrogens is 356 g/mol. The van der Waals surface area contributed by atoms with E-state index in [2.05, 4.69) is 58.7 Å². The largest absolute Gasteiger partial charge is 0.331 e. The molecular formula is C26H28N2O. The van der Waals surface area contributed by atoms with Gasteiger partial charge in [0.15, 0.2) is 0 Å². The van der Waals surface area contributed by atoms with Crippen molar-refractivity contribution in [3.8, 4) is 0 Å². The number of amides is 1. The molecule has 2 atom stereocenters. The van der Waals surface area contributed by atoms with Gasteiger partial charge in [-0.25, -0.2) is 0 Å². The molecule has 2 unspecified atom stereocenters. The Morgan fingerprint density at radius 1 is 0.759 bits per heavy atom. The van der Waals surface area contributed by atoms with Crippen LogP contribution in [0.3, 0.4) is 0 Å². The van der Waals surface area contributed by atoms with Crippen molar-refractivity contribution >= 4 is 5.91 Å². The topological polar surface area (TPSA) is 32.3 Å². The maximum atomic E-state index is 13.7. The summed E-state index contributed by atoms with van der Waals surface area (Å²) in [6.45, 7) is 1.75. The molecule has 0 bridgehead atoms. The summed E-state index contributed by atoms with van der Waals surface area (Å²) in [5.41, 5.74) is 3.32. The number of hydrogen-bond donors (Lipinski definition) is 1. The molecule has 1 aliphatic rings. The van der Waals surface area contributed by atoms with Gasteiger partial charge in [0.2, 0.25) is 0 Å². The summed E-state index contributed by atoms with van der Waals surface area (Å²) < 4.78 is 0. The second kappa shape index (κ2) is 9.53. The average Bonchev–Trinajstić information content (AvgIpc) is 2.97. The predicted molar refractivity (Wildman–Crippen MR) is 118 cm³/mol. The summed E-state index contributed by atoms with van der Waals surface area (Å²) in [4.78, 5) is 15.8. The van der Waals surface area contributed by atoms with Gasteiger partial charge in [0.25, 0.3) is 5.91 Å². The summed E-state index contributed by atoms with van der Waals surface area (Å²) in [7, 11) is 0. The highest BCUT2D eigenvalue weighted by molar-refractivity contribution is 5.94. The summed E-state index contributed by atoms with van der Waals surface area (Å²) in [5.74, 6) is 0.135. The second-order valence-electron chi connectivity index (χ2n) is 7.76. The second-order valence-corrected chi connectivity index (χ2v) is 7.76. The highest BCUT2D eigenvalue weighted by Gasteiger charge is 2.33. The van der Waals surface area contributed by atoms with E-state index < -0.39 is 0 Å². The van der Waals surface area contributed by atoms with Crippen LogP contribution in [0.25, 0.3) is 0 Å². The van der Waals surface area contributed by atoms with E-state index in [1.807, 2.05) is 42.5 Å². The van der Waals surface area contributed by atoms with Crippen LogP contribution in [0, 0.1) is 0 Å². The fourth-order valence-corrected chi connectivity index (χ4v) is 4.28. The lowest BCUT2D eigenvalue weighted by atomic mass is 9.97. The van der Waals surface area contributed by atoms with E-state index in [9.17, 15) is 4.79 Å². The molecule has 148 valence electrons. The first-order valence-electron chi connectivity index (χ1n) is 10.5. The van der Waals surface area contributed by atoms with Crippen LogP contribution in [-0.2, 0) is 12.8 Å². The molecule has 1 N–H and O–H groups in total. The number of carbonyl (C=O) groups excluding carboxylic acids is 1. The molecule has 3 aromatic rings. The molecule has 1 amide bonds. The molecule has 1 fully saturated rings. The van der Waals surface area contributed by atoms with Crippen molar-refractivity contribution in [2.45, 2.75) is 31.3 Å². The number of hydrogen-bond acceptors (Lipinski definition) is 2. The number of carbonyl (C=O) groups is 1. The van der Waals surface area contributed by atoms with Crippen LogP contribution >= 0.6 is 0 Å². The third kappa shape index (κ3) is 4.93. The number of nitrogens with one attached hydrogen (secondary N) is 1. The van der Waals surface area contributed by atoms with Gasteiger partial charge in [0.05, 0.1) is 0 Å². The minimum Gasteiger partial charge on any atom is -0.331 e. The Balaban J connectivity index is 1.66. The zero-order valence-corrected chi connectivity index (χ0v) is 16.7. The fourth-order valence-electron chi connectivity index (χ4n) is 4.28. The zero-order chi connectivity index (χ0) is 19.9. The SMILES string of the molecule is O=C(c1ccccc1)N1C(Cc2ccccc2)CCNCC1Cc1ccccc1. The third-order valence-corrected chi connectivity index (χ3v) is 5.70. The van der Waals surface area contributed by atoms with Crippen molar-refractivity contribution in [1.29, 1.82) is 0 Å². The Morgan fingerprint density at radius 3 is 1.86 bits per heavy atom. The predicted octanol–water partition coefficient (Wildman–Crippen LogP) is 4.34. The third-order valence-electron chi connectivity index (χ3n) is 5.70. The molecule has 4 rings (SSSR count). The molecule has 3 nitrogen and oxygen atoms in total.